The molecule has 0 bridgehead atoms. The third-order valence-corrected chi connectivity index (χ3v) is 5.84. The monoisotopic (exact) mass is 366 g/mol. The summed E-state index contributed by atoms with van der Waals surface area (Å²) >= 11 is 1.62. The number of nitrogens with zero attached hydrogens (tertiary/aromatic N) is 1. The second-order valence-corrected chi connectivity index (χ2v) is 7.73. The highest BCUT2D eigenvalue weighted by Gasteiger charge is 2.17. The van der Waals surface area contributed by atoms with Gasteiger partial charge in [-0.2, -0.15) is 4.83 Å². The summed E-state index contributed by atoms with van der Waals surface area (Å²) < 4.78 is 0. The van der Waals surface area contributed by atoms with Gasteiger partial charge in [-0.25, -0.2) is 4.98 Å². The Hall–Kier alpha value is -2.31. The van der Waals surface area contributed by atoms with Crippen LogP contribution in [0.1, 0.15) is 42.5 Å². The molecule has 1 aliphatic carbocycles. The van der Waals surface area contributed by atoms with Gasteiger partial charge in [-0.1, -0.05) is 61.5 Å². The molecule has 0 radical (unpaired) electrons. The lowest BCUT2D eigenvalue weighted by atomic mass is 10.0. The molecule has 1 aliphatic rings. The molecule has 3 aromatic rings. The minimum atomic E-state index is -0.164. The van der Waals surface area contributed by atoms with E-state index in [-0.39, 0.29) is 5.91 Å². The van der Waals surface area contributed by atoms with Crippen LogP contribution in [-0.2, 0) is 0 Å². The average molecular weight is 366 g/mol. The van der Waals surface area contributed by atoms with E-state index in [0.29, 0.717) is 16.3 Å². The number of hydrogen-bond acceptors (Lipinski definition) is 4. The summed E-state index contributed by atoms with van der Waals surface area (Å²) in [6.45, 7) is 0. The Morgan fingerprint density at radius 1 is 1.08 bits per heavy atom. The highest BCUT2D eigenvalue weighted by molar-refractivity contribution is 7.98. The normalized spacial score (nSPS) is 15.2. The number of H-pyrrole nitrogens is 1. The van der Waals surface area contributed by atoms with E-state index in [1.807, 2.05) is 42.5 Å². The maximum Gasteiger partial charge on any atom is 0.268 e. The number of rotatable bonds is 5. The number of fused-ring (bicyclic) bond motifs is 1. The number of carbonyl (C=O) groups is 1. The molecule has 1 amide bonds. The van der Waals surface area contributed by atoms with Crippen LogP contribution in [0.4, 0.5) is 0 Å². The molecular weight excluding hydrogens is 344 g/mol. The first-order valence-corrected chi connectivity index (χ1v) is 9.93. The van der Waals surface area contributed by atoms with Gasteiger partial charge in [-0.15, -0.1) is 0 Å². The van der Waals surface area contributed by atoms with Crippen molar-refractivity contribution in [1.29, 1.82) is 0 Å². The summed E-state index contributed by atoms with van der Waals surface area (Å²) in [6.07, 6.45) is 7.93. The van der Waals surface area contributed by atoms with Gasteiger partial charge < -0.3 is 4.98 Å². The number of hydrogen-bond donors (Lipinski definition) is 3. The zero-order valence-electron chi connectivity index (χ0n) is 14.5. The van der Waals surface area contributed by atoms with Gasteiger partial charge in [0.2, 0.25) is 0 Å². The fraction of sp³-hybridized carbons (Fsp3) is 0.300. The minimum absolute atomic E-state index is 0.164. The van der Waals surface area contributed by atoms with Gasteiger partial charge in [-0.05, 0) is 36.1 Å². The maximum absolute atomic E-state index is 12.7. The van der Waals surface area contributed by atoms with Crippen molar-refractivity contribution in [3.8, 4) is 11.1 Å². The van der Waals surface area contributed by atoms with Crippen LogP contribution in [0.2, 0.25) is 0 Å². The van der Waals surface area contributed by atoms with E-state index in [1.54, 1.807) is 18.3 Å². The zero-order valence-corrected chi connectivity index (χ0v) is 15.3. The summed E-state index contributed by atoms with van der Waals surface area (Å²) in [7, 11) is 0. The molecule has 1 aromatic heterocycles. The smallest absolute Gasteiger partial charge is 0.268 e. The van der Waals surface area contributed by atoms with Crippen LogP contribution in [-0.4, -0.2) is 21.1 Å². The molecule has 134 valence electrons. The highest BCUT2D eigenvalue weighted by Crippen LogP contribution is 2.27. The van der Waals surface area contributed by atoms with Crippen LogP contribution in [0, 0.1) is 0 Å². The first kappa shape index (κ1) is 17.1. The third-order valence-electron chi connectivity index (χ3n) is 4.82. The maximum atomic E-state index is 12.7. The first-order valence-electron chi connectivity index (χ1n) is 9.05. The Morgan fingerprint density at radius 3 is 2.69 bits per heavy atom. The summed E-state index contributed by atoms with van der Waals surface area (Å²) in [5.74, 6) is -0.164. The molecule has 2 aromatic carbocycles. The molecule has 0 saturated heterocycles. The van der Waals surface area contributed by atoms with E-state index in [4.69, 9.17) is 0 Å². The fourth-order valence-electron chi connectivity index (χ4n) is 3.43. The molecule has 5 nitrogen and oxygen atoms in total. The second-order valence-electron chi connectivity index (χ2n) is 6.62. The van der Waals surface area contributed by atoms with Crippen molar-refractivity contribution in [3.63, 3.8) is 0 Å². The Kier molecular flexibility index (Phi) is 5.22. The quantitative estimate of drug-likeness (QED) is 0.461. The Balaban J connectivity index is 1.52. The van der Waals surface area contributed by atoms with Gasteiger partial charge in [0.05, 0.1) is 17.4 Å². The van der Waals surface area contributed by atoms with E-state index in [0.717, 1.165) is 16.6 Å². The van der Waals surface area contributed by atoms with Crippen LogP contribution in [0.25, 0.3) is 22.2 Å². The molecular formula is C20H22N4OS. The average Bonchev–Trinajstić information content (AvgIpc) is 3.17. The van der Waals surface area contributed by atoms with Crippen molar-refractivity contribution in [2.45, 2.75) is 37.4 Å². The Bertz CT molecular complexity index is 887. The first-order chi connectivity index (χ1) is 12.8. The number of imidazole rings is 1. The predicted octanol–water partition coefficient (Wildman–Crippen LogP) is 4.45. The molecule has 1 fully saturated rings. The van der Waals surface area contributed by atoms with E-state index in [1.165, 1.54) is 32.1 Å². The van der Waals surface area contributed by atoms with Crippen molar-refractivity contribution in [2.24, 2.45) is 0 Å². The van der Waals surface area contributed by atoms with E-state index in [9.17, 15) is 4.79 Å². The summed E-state index contributed by atoms with van der Waals surface area (Å²) in [4.78, 5) is 23.2. The van der Waals surface area contributed by atoms with Crippen molar-refractivity contribution in [3.05, 3.63) is 54.4 Å². The number of aromatic amines is 1. The number of benzene rings is 2. The van der Waals surface area contributed by atoms with Gasteiger partial charge in [-0.3, -0.25) is 10.2 Å². The Morgan fingerprint density at radius 2 is 1.88 bits per heavy atom. The topological polar surface area (TPSA) is 69.8 Å². The van der Waals surface area contributed by atoms with Crippen molar-refractivity contribution < 1.29 is 4.79 Å². The van der Waals surface area contributed by atoms with E-state index < -0.39 is 0 Å². The second kappa shape index (κ2) is 7.93. The highest BCUT2D eigenvalue weighted by atomic mass is 32.2. The fourth-order valence-corrected chi connectivity index (χ4v) is 4.32. The van der Waals surface area contributed by atoms with Crippen LogP contribution in [0.15, 0.2) is 48.8 Å². The number of nitrogens with one attached hydrogen (secondary N) is 3. The van der Waals surface area contributed by atoms with Crippen LogP contribution < -0.4 is 10.3 Å². The van der Waals surface area contributed by atoms with Crippen LogP contribution in [0.5, 0.6) is 0 Å². The third kappa shape index (κ3) is 3.76. The Labute approximate surface area is 157 Å². The van der Waals surface area contributed by atoms with E-state index in [2.05, 4.69) is 20.2 Å². The molecule has 26 heavy (non-hydrogen) atoms. The molecule has 0 aliphatic heterocycles. The van der Waals surface area contributed by atoms with Crippen LogP contribution in [0.3, 0.4) is 0 Å². The lowest BCUT2D eigenvalue weighted by molar-refractivity contribution is 0.0948. The molecule has 0 spiro atoms. The molecule has 1 saturated carbocycles. The van der Waals surface area contributed by atoms with Gasteiger partial charge in [0.1, 0.15) is 5.52 Å². The summed E-state index contributed by atoms with van der Waals surface area (Å²) in [5, 5.41) is 0.574. The van der Waals surface area contributed by atoms with Gasteiger partial charge in [0.25, 0.3) is 5.91 Å². The SMILES string of the molecule is O=C(NNSC1CCCCC1)c1cc(-c2ccccc2)cc2[nH]cnc12. The molecule has 1 heterocycles. The number of hydrazine groups is 1. The number of amides is 1. The van der Waals surface area contributed by atoms with Crippen LogP contribution >= 0.6 is 11.9 Å². The van der Waals surface area contributed by atoms with Gasteiger partial charge in [0.15, 0.2) is 0 Å². The minimum Gasteiger partial charge on any atom is -0.345 e. The number of carbonyl (C=O) groups excluding carboxylic acids is 1. The summed E-state index contributed by atoms with van der Waals surface area (Å²) in [6, 6.07) is 14.0. The lowest BCUT2D eigenvalue weighted by Crippen LogP contribution is -2.34. The lowest BCUT2D eigenvalue weighted by Gasteiger charge is -2.21. The molecule has 6 heteroatoms. The van der Waals surface area contributed by atoms with Gasteiger partial charge in [0, 0.05) is 5.25 Å². The molecule has 4 rings (SSSR count). The molecule has 0 atom stereocenters. The van der Waals surface area contributed by atoms with Crippen molar-refractivity contribution in [1.82, 2.24) is 20.2 Å². The zero-order chi connectivity index (χ0) is 17.8. The van der Waals surface area contributed by atoms with Gasteiger partial charge >= 0.3 is 0 Å². The predicted molar refractivity (Wildman–Crippen MR) is 107 cm³/mol. The molecule has 3 N–H and O–H groups in total. The largest absolute Gasteiger partial charge is 0.345 e. The summed E-state index contributed by atoms with van der Waals surface area (Å²) in [5.41, 5.74) is 7.01. The van der Waals surface area contributed by atoms with E-state index >= 15 is 0 Å². The standard InChI is InChI=1S/C20H22N4OS/c25-20(23-24-26-16-9-5-2-6-10-16)17-11-15(14-7-3-1-4-8-14)12-18-19(17)22-13-21-18/h1,3-4,7-8,11-13,16,24H,2,5-6,9-10H2,(H,21,22)(H,23,25). The molecule has 0 unspecified atom stereocenters. The van der Waals surface area contributed by atoms with Crippen molar-refractivity contribution >= 4 is 28.9 Å². The van der Waals surface area contributed by atoms with Crippen molar-refractivity contribution in [2.75, 3.05) is 0 Å². The number of aromatic nitrogens is 2.